The molecular weight excluding hydrogens is 276 g/mol. The average Bonchev–Trinajstić information content (AvgIpc) is 2.48. The van der Waals surface area contributed by atoms with Gasteiger partial charge in [-0.05, 0) is 12.1 Å². The zero-order valence-electron chi connectivity index (χ0n) is 10.9. The van der Waals surface area contributed by atoms with Crippen LogP contribution in [0.4, 0.5) is 22.7 Å². The molecule has 8 heteroatoms. The Bertz CT molecular complexity index is 632. The molecule has 0 atom stereocenters. The van der Waals surface area contributed by atoms with E-state index in [4.69, 9.17) is 5.73 Å². The van der Waals surface area contributed by atoms with Crippen LogP contribution >= 0.6 is 0 Å². The maximum atomic E-state index is 11.1. The van der Waals surface area contributed by atoms with Gasteiger partial charge in [0.25, 0.3) is 11.4 Å². The molecule has 21 heavy (non-hydrogen) atoms. The first kappa shape index (κ1) is 14.4. The molecule has 0 amide bonds. The van der Waals surface area contributed by atoms with E-state index in [1.165, 1.54) is 41.3 Å². The molecule has 0 radical (unpaired) electrons. The third-order valence-corrected chi connectivity index (χ3v) is 2.92. The second-order valence-corrected chi connectivity index (χ2v) is 4.10. The van der Waals surface area contributed by atoms with E-state index in [0.717, 1.165) is 0 Å². The Hall–Kier alpha value is -3.00. The van der Waals surface area contributed by atoms with Crippen molar-refractivity contribution < 1.29 is 9.85 Å². The van der Waals surface area contributed by atoms with Crippen molar-refractivity contribution in [1.82, 2.24) is 0 Å². The quantitative estimate of drug-likeness (QED) is 0.513. The highest BCUT2D eigenvalue weighted by Gasteiger charge is 2.24. The van der Waals surface area contributed by atoms with Gasteiger partial charge in [0.1, 0.15) is 11.4 Å². The van der Waals surface area contributed by atoms with E-state index in [-0.39, 0.29) is 29.4 Å². The van der Waals surface area contributed by atoms with E-state index in [1.54, 1.807) is 12.1 Å². The Morgan fingerprint density at radius 1 is 0.857 bits per heavy atom. The first-order valence-corrected chi connectivity index (χ1v) is 6.00. The fourth-order valence-electron chi connectivity index (χ4n) is 2.02. The molecule has 0 aliphatic carbocycles. The summed E-state index contributed by atoms with van der Waals surface area (Å²) in [5.41, 5.74) is 5.74. The Balaban J connectivity index is 2.61. The number of nitrogens with two attached hydrogens (primary N) is 1. The van der Waals surface area contributed by atoms with Crippen LogP contribution in [0.3, 0.4) is 0 Å². The molecule has 0 aliphatic rings. The number of anilines is 2. The van der Waals surface area contributed by atoms with Gasteiger partial charge in [0.05, 0.1) is 16.5 Å². The summed E-state index contributed by atoms with van der Waals surface area (Å²) in [5, 5.41) is 22.2. The molecule has 0 saturated heterocycles. The molecule has 0 aromatic heterocycles. The van der Waals surface area contributed by atoms with Crippen LogP contribution < -0.4 is 10.6 Å². The van der Waals surface area contributed by atoms with Crippen LogP contribution in [0, 0.1) is 20.2 Å². The molecule has 2 rings (SSSR count). The molecule has 0 fully saturated rings. The van der Waals surface area contributed by atoms with Gasteiger partial charge in [-0.2, -0.15) is 0 Å². The summed E-state index contributed by atoms with van der Waals surface area (Å²) < 4.78 is 0. The highest BCUT2D eigenvalue weighted by Crippen LogP contribution is 2.37. The third-order valence-electron chi connectivity index (χ3n) is 2.92. The maximum Gasteiger partial charge on any atom is 0.292 e. The largest absolute Gasteiger partial charge is 0.317 e. The molecule has 0 unspecified atom stereocenters. The van der Waals surface area contributed by atoms with Crippen molar-refractivity contribution in [2.45, 2.75) is 0 Å². The van der Waals surface area contributed by atoms with E-state index >= 15 is 0 Å². The fourth-order valence-corrected chi connectivity index (χ4v) is 2.02. The smallest absolute Gasteiger partial charge is 0.292 e. The van der Waals surface area contributed by atoms with Gasteiger partial charge in [-0.15, -0.1) is 0 Å². The Labute approximate surface area is 119 Å². The van der Waals surface area contributed by atoms with Crippen LogP contribution in [0.5, 0.6) is 0 Å². The number of hydrogen-bond acceptors (Lipinski definition) is 6. The predicted molar refractivity (Wildman–Crippen MR) is 77.4 cm³/mol. The van der Waals surface area contributed by atoms with E-state index < -0.39 is 9.85 Å². The van der Waals surface area contributed by atoms with Crippen LogP contribution in [-0.4, -0.2) is 16.5 Å². The van der Waals surface area contributed by atoms with E-state index in [9.17, 15) is 20.2 Å². The van der Waals surface area contributed by atoms with Crippen LogP contribution in [0.15, 0.2) is 48.5 Å². The summed E-state index contributed by atoms with van der Waals surface area (Å²) in [6.45, 7) is -0.129. The second kappa shape index (κ2) is 5.97. The lowest BCUT2D eigenvalue weighted by Gasteiger charge is -2.22. The van der Waals surface area contributed by atoms with Crippen molar-refractivity contribution in [3.05, 3.63) is 68.8 Å². The lowest BCUT2D eigenvalue weighted by molar-refractivity contribution is -0.384. The van der Waals surface area contributed by atoms with Gasteiger partial charge in [0.2, 0.25) is 0 Å². The molecule has 108 valence electrons. The molecule has 0 bridgehead atoms. The minimum atomic E-state index is -0.549. The van der Waals surface area contributed by atoms with Crippen molar-refractivity contribution in [2.75, 3.05) is 11.6 Å². The van der Waals surface area contributed by atoms with Gasteiger partial charge >= 0.3 is 0 Å². The first-order chi connectivity index (χ1) is 10.1. The molecule has 2 aromatic carbocycles. The van der Waals surface area contributed by atoms with Gasteiger partial charge in [-0.1, -0.05) is 24.3 Å². The molecule has 0 saturated carbocycles. The summed E-state index contributed by atoms with van der Waals surface area (Å²) in [4.78, 5) is 22.4. The molecule has 2 aromatic rings. The average molecular weight is 288 g/mol. The van der Waals surface area contributed by atoms with Gasteiger partial charge in [0.15, 0.2) is 0 Å². The van der Waals surface area contributed by atoms with Crippen molar-refractivity contribution in [3.8, 4) is 0 Å². The van der Waals surface area contributed by atoms with E-state index in [2.05, 4.69) is 0 Å². The number of rotatable bonds is 5. The van der Waals surface area contributed by atoms with Crippen molar-refractivity contribution in [2.24, 2.45) is 5.73 Å². The lowest BCUT2D eigenvalue weighted by Crippen LogP contribution is -2.26. The van der Waals surface area contributed by atoms with E-state index in [0.29, 0.717) is 0 Å². The Morgan fingerprint density at radius 3 is 1.57 bits per heavy atom. The van der Waals surface area contributed by atoms with E-state index in [1.807, 2.05) is 0 Å². The minimum absolute atomic E-state index is 0.129. The van der Waals surface area contributed by atoms with Crippen LogP contribution in [-0.2, 0) is 0 Å². The Kier molecular flexibility index (Phi) is 4.10. The van der Waals surface area contributed by atoms with Crippen molar-refractivity contribution in [1.29, 1.82) is 0 Å². The van der Waals surface area contributed by atoms with Gasteiger partial charge in [-0.3, -0.25) is 20.2 Å². The van der Waals surface area contributed by atoms with Crippen LogP contribution in [0.25, 0.3) is 0 Å². The zero-order valence-corrected chi connectivity index (χ0v) is 10.9. The predicted octanol–water partition coefficient (Wildman–Crippen LogP) is 2.56. The van der Waals surface area contributed by atoms with Gasteiger partial charge in [0, 0.05) is 12.1 Å². The number of para-hydroxylation sites is 4. The summed E-state index contributed by atoms with van der Waals surface area (Å²) in [5.74, 6) is 0. The summed E-state index contributed by atoms with van der Waals surface area (Å²) in [6, 6.07) is 11.9. The number of nitro groups is 2. The summed E-state index contributed by atoms with van der Waals surface area (Å²) in [6.07, 6.45) is 0. The van der Waals surface area contributed by atoms with Gasteiger partial charge in [-0.25, -0.2) is 0 Å². The second-order valence-electron chi connectivity index (χ2n) is 4.10. The monoisotopic (exact) mass is 288 g/mol. The molecule has 2 N–H and O–H groups in total. The lowest BCUT2D eigenvalue weighted by atomic mass is 10.2. The van der Waals surface area contributed by atoms with Crippen LogP contribution in [0.2, 0.25) is 0 Å². The summed E-state index contributed by atoms with van der Waals surface area (Å²) >= 11 is 0. The first-order valence-electron chi connectivity index (χ1n) is 6.00. The number of hydrogen-bond donors (Lipinski definition) is 1. The Morgan fingerprint density at radius 2 is 1.24 bits per heavy atom. The standard InChI is InChI=1S/C13H12N4O4/c14-9-15(10-5-1-3-7-12(10)16(18)19)11-6-2-4-8-13(11)17(20)21/h1-8H,9,14H2. The van der Waals surface area contributed by atoms with Gasteiger partial charge < -0.3 is 10.6 Å². The minimum Gasteiger partial charge on any atom is -0.317 e. The number of nitrogens with zero attached hydrogens (tertiary/aromatic N) is 3. The number of nitro benzene ring substituents is 2. The highest BCUT2D eigenvalue weighted by atomic mass is 16.6. The maximum absolute atomic E-state index is 11.1. The van der Waals surface area contributed by atoms with Crippen LogP contribution in [0.1, 0.15) is 0 Å². The normalized spacial score (nSPS) is 10.1. The number of benzene rings is 2. The van der Waals surface area contributed by atoms with Crippen molar-refractivity contribution in [3.63, 3.8) is 0 Å². The highest BCUT2D eigenvalue weighted by molar-refractivity contribution is 5.77. The summed E-state index contributed by atoms with van der Waals surface area (Å²) in [7, 11) is 0. The molecule has 8 nitrogen and oxygen atoms in total. The molecule has 0 heterocycles. The van der Waals surface area contributed by atoms with Crippen molar-refractivity contribution >= 4 is 22.7 Å². The SMILES string of the molecule is NCN(c1ccccc1[N+](=O)[O-])c1ccccc1[N+](=O)[O-]. The molecule has 0 aliphatic heterocycles. The third kappa shape index (κ3) is 2.79. The zero-order chi connectivity index (χ0) is 15.4. The fraction of sp³-hybridized carbons (Fsp3) is 0.0769. The molecular formula is C13H12N4O4. The molecule has 0 spiro atoms. The topological polar surface area (TPSA) is 116 Å².